The summed E-state index contributed by atoms with van der Waals surface area (Å²) in [4.78, 5) is 17.7. The van der Waals surface area contributed by atoms with Gasteiger partial charge in [0.15, 0.2) is 0 Å². The zero-order valence-electron chi connectivity index (χ0n) is 13.8. The smallest absolute Gasteiger partial charge is 0.222 e. The Morgan fingerprint density at radius 1 is 1.29 bits per heavy atom. The third-order valence-electron chi connectivity index (χ3n) is 4.51. The Bertz CT molecular complexity index is 757. The molecule has 3 rings (SSSR count). The summed E-state index contributed by atoms with van der Waals surface area (Å²) in [5.74, 6) is 0.297. The molecule has 1 aromatic carbocycles. The summed E-state index contributed by atoms with van der Waals surface area (Å²) in [5.41, 5.74) is 10.6. The fourth-order valence-electron chi connectivity index (χ4n) is 2.90. The Kier molecular flexibility index (Phi) is 4.51. The van der Waals surface area contributed by atoms with Crippen LogP contribution in [0.2, 0.25) is 0 Å². The number of benzene rings is 1. The van der Waals surface area contributed by atoms with Gasteiger partial charge in [0.05, 0.1) is 11.4 Å². The van der Waals surface area contributed by atoms with E-state index in [1.165, 1.54) is 0 Å². The Hall–Kier alpha value is -2.82. The van der Waals surface area contributed by atoms with Crippen molar-refractivity contribution in [1.29, 1.82) is 0 Å². The highest BCUT2D eigenvalue weighted by Gasteiger charge is 2.25. The molecule has 0 saturated carbocycles. The van der Waals surface area contributed by atoms with E-state index >= 15 is 0 Å². The number of allylic oxidation sites excluding steroid dienone is 1. The van der Waals surface area contributed by atoms with Crippen LogP contribution >= 0.6 is 0 Å². The van der Waals surface area contributed by atoms with E-state index in [1.54, 1.807) is 17.3 Å². The fraction of sp³-hybridized carbons (Fsp3) is 0.263. The predicted molar refractivity (Wildman–Crippen MR) is 97.2 cm³/mol. The molecule has 124 valence electrons. The molecule has 1 unspecified atom stereocenters. The van der Waals surface area contributed by atoms with Gasteiger partial charge < -0.3 is 16.0 Å². The number of aromatic nitrogens is 1. The first kappa shape index (κ1) is 16.1. The molecule has 0 radical (unpaired) electrons. The number of carbonyl (C=O) groups excluding carboxylic acids is 1. The zero-order chi connectivity index (χ0) is 17.1. The molecule has 24 heavy (non-hydrogen) atoms. The molecule has 1 amide bonds. The van der Waals surface area contributed by atoms with Gasteiger partial charge in [-0.1, -0.05) is 12.6 Å². The number of likely N-dealkylation sites (tertiary alicyclic amines) is 1. The molecule has 2 heterocycles. The second kappa shape index (κ2) is 6.74. The maximum atomic E-state index is 11.9. The van der Waals surface area contributed by atoms with Crippen molar-refractivity contribution in [3.8, 4) is 11.1 Å². The average Bonchev–Trinajstić information content (AvgIpc) is 2.60. The highest BCUT2D eigenvalue weighted by atomic mass is 16.2. The van der Waals surface area contributed by atoms with Crippen molar-refractivity contribution < 1.29 is 4.79 Å². The largest absolute Gasteiger partial charge is 0.397 e. The lowest BCUT2D eigenvalue weighted by molar-refractivity contribution is -0.132. The minimum absolute atomic E-state index is 0.137. The van der Waals surface area contributed by atoms with Gasteiger partial charge in [-0.3, -0.25) is 9.78 Å². The fourth-order valence-corrected chi connectivity index (χ4v) is 2.90. The molecule has 0 spiro atoms. The number of hydrogen-bond donors (Lipinski definition) is 2. The summed E-state index contributed by atoms with van der Waals surface area (Å²) in [6.07, 6.45) is 4.94. The first-order valence-corrected chi connectivity index (χ1v) is 8.04. The first-order valence-electron chi connectivity index (χ1n) is 8.04. The summed E-state index contributed by atoms with van der Waals surface area (Å²) in [7, 11) is 1.84. The number of carbonyl (C=O) groups is 1. The maximum absolute atomic E-state index is 11.9. The highest BCUT2D eigenvalue weighted by molar-refractivity contribution is 5.79. The standard InChI is InChI=1S/C19H22N4O/c1-13(15-7-10-23(2)19(24)12-15)22-18-11-16(3-4-17(18)20)14-5-8-21-9-6-14/h3-6,8-9,11,15,22H,1,7,10,12,20H2,2H3. The van der Waals surface area contributed by atoms with Gasteiger partial charge in [0.25, 0.3) is 0 Å². The topological polar surface area (TPSA) is 71.2 Å². The van der Waals surface area contributed by atoms with E-state index in [1.807, 2.05) is 37.4 Å². The van der Waals surface area contributed by atoms with Crippen LogP contribution in [-0.4, -0.2) is 29.4 Å². The Labute approximate surface area is 142 Å². The summed E-state index contributed by atoms with van der Waals surface area (Å²) >= 11 is 0. The number of nitrogens with two attached hydrogens (primary N) is 1. The molecule has 2 aromatic rings. The van der Waals surface area contributed by atoms with E-state index < -0.39 is 0 Å². The lowest BCUT2D eigenvalue weighted by atomic mass is 9.93. The number of nitrogen functional groups attached to an aromatic ring is 1. The van der Waals surface area contributed by atoms with Crippen molar-refractivity contribution in [3.05, 3.63) is 55.0 Å². The van der Waals surface area contributed by atoms with Crippen LogP contribution < -0.4 is 11.1 Å². The van der Waals surface area contributed by atoms with Gasteiger partial charge >= 0.3 is 0 Å². The quantitative estimate of drug-likeness (QED) is 0.848. The summed E-state index contributed by atoms with van der Waals surface area (Å²) < 4.78 is 0. The molecule has 5 nitrogen and oxygen atoms in total. The van der Waals surface area contributed by atoms with Crippen LogP contribution in [0.25, 0.3) is 11.1 Å². The van der Waals surface area contributed by atoms with E-state index in [0.717, 1.165) is 35.5 Å². The van der Waals surface area contributed by atoms with E-state index in [2.05, 4.69) is 16.9 Å². The number of hydrogen-bond acceptors (Lipinski definition) is 4. The molecule has 1 fully saturated rings. The third kappa shape index (κ3) is 3.40. The highest BCUT2D eigenvalue weighted by Crippen LogP contribution is 2.31. The average molecular weight is 322 g/mol. The van der Waals surface area contributed by atoms with Gasteiger partial charge in [-0.15, -0.1) is 0 Å². The van der Waals surface area contributed by atoms with Crippen LogP contribution in [0.15, 0.2) is 55.0 Å². The molecule has 5 heteroatoms. The minimum atomic E-state index is 0.137. The molecular weight excluding hydrogens is 300 g/mol. The lowest BCUT2D eigenvalue weighted by Gasteiger charge is -2.30. The van der Waals surface area contributed by atoms with Crippen LogP contribution in [0.4, 0.5) is 11.4 Å². The Morgan fingerprint density at radius 2 is 2.04 bits per heavy atom. The number of nitrogens with zero attached hydrogens (tertiary/aromatic N) is 2. The number of amides is 1. The van der Waals surface area contributed by atoms with Crippen molar-refractivity contribution in [3.63, 3.8) is 0 Å². The van der Waals surface area contributed by atoms with Crippen LogP contribution in [0, 0.1) is 5.92 Å². The van der Waals surface area contributed by atoms with Crippen molar-refractivity contribution in [1.82, 2.24) is 9.88 Å². The van der Waals surface area contributed by atoms with Crippen LogP contribution in [0.1, 0.15) is 12.8 Å². The van der Waals surface area contributed by atoms with Gasteiger partial charge in [-0.25, -0.2) is 0 Å². The second-order valence-electron chi connectivity index (χ2n) is 6.19. The van der Waals surface area contributed by atoms with Crippen molar-refractivity contribution in [2.24, 2.45) is 5.92 Å². The van der Waals surface area contributed by atoms with Crippen molar-refractivity contribution >= 4 is 17.3 Å². The second-order valence-corrected chi connectivity index (χ2v) is 6.19. The molecule has 1 aliphatic rings. The molecule has 0 bridgehead atoms. The first-order chi connectivity index (χ1) is 11.5. The lowest BCUT2D eigenvalue weighted by Crippen LogP contribution is -2.36. The molecule has 1 aromatic heterocycles. The maximum Gasteiger partial charge on any atom is 0.222 e. The van der Waals surface area contributed by atoms with Crippen LogP contribution in [0.5, 0.6) is 0 Å². The third-order valence-corrected chi connectivity index (χ3v) is 4.51. The van der Waals surface area contributed by atoms with Crippen molar-refractivity contribution in [2.75, 3.05) is 24.6 Å². The van der Waals surface area contributed by atoms with E-state index in [0.29, 0.717) is 12.1 Å². The number of pyridine rings is 1. The number of anilines is 2. The molecule has 1 atom stereocenters. The number of piperidine rings is 1. The molecule has 1 saturated heterocycles. The van der Waals surface area contributed by atoms with E-state index in [9.17, 15) is 4.79 Å². The molecule has 0 aliphatic carbocycles. The van der Waals surface area contributed by atoms with Gasteiger partial charge in [0, 0.05) is 44.0 Å². The van der Waals surface area contributed by atoms with Crippen LogP contribution in [0.3, 0.4) is 0 Å². The summed E-state index contributed by atoms with van der Waals surface area (Å²) in [5, 5.41) is 3.32. The van der Waals surface area contributed by atoms with Gasteiger partial charge in [-0.05, 0) is 41.8 Å². The monoisotopic (exact) mass is 322 g/mol. The van der Waals surface area contributed by atoms with Gasteiger partial charge in [0.2, 0.25) is 5.91 Å². The van der Waals surface area contributed by atoms with E-state index in [4.69, 9.17) is 5.73 Å². The predicted octanol–water partition coefficient (Wildman–Crippen LogP) is 3.12. The van der Waals surface area contributed by atoms with Crippen LogP contribution in [-0.2, 0) is 4.79 Å². The molecular formula is C19H22N4O. The van der Waals surface area contributed by atoms with Gasteiger partial charge in [0.1, 0.15) is 0 Å². The van der Waals surface area contributed by atoms with E-state index in [-0.39, 0.29) is 11.8 Å². The number of nitrogens with one attached hydrogen (secondary N) is 1. The SMILES string of the molecule is C=C(Nc1cc(-c2ccncc2)ccc1N)C1CCN(C)C(=O)C1. The van der Waals surface area contributed by atoms with Gasteiger partial charge in [-0.2, -0.15) is 0 Å². The van der Waals surface area contributed by atoms with Crippen molar-refractivity contribution in [2.45, 2.75) is 12.8 Å². The number of rotatable bonds is 4. The normalized spacial score (nSPS) is 17.6. The summed E-state index contributed by atoms with van der Waals surface area (Å²) in [6.45, 7) is 4.89. The molecule has 1 aliphatic heterocycles. The Morgan fingerprint density at radius 3 is 2.75 bits per heavy atom. The summed E-state index contributed by atoms with van der Waals surface area (Å²) in [6, 6.07) is 9.79. The minimum Gasteiger partial charge on any atom is -0.397 e. The Balaban J connectivity index is 1.77. The zero-order valence-corrected chi connectivity index (χ0v) is 13.8. The molecule has 3 N–H and O–H groups in total.